The molecule has 2 aromatic carbocycles. The summed E-state index contributed by atoms with van der Waals surface area (Å²) in [5, 5.41) is 18.6. The molecule has 1 fully saturated rings. The van der Waals surface area contributed by atoms with Gasteiger partial charge < -0.3 is 14.9 Å². The van der Waals surface area contributed by atoms with E-state index in [2.05, 4.69) is 0 Å². The van der Waals surface area contributed by atoms with Gasteiger partial charge in [0.1, 0.15) is 10.1 Å². The highest BCUT2D eigenvalue weighted by atomic mass is 32.2. The molecular weight excluding hydrogens is 426 g/mol. The molecule has 0 aliphatic carbocycles. The van der Waals surface area contributed by atoms with Crippen LogP contribution in [0.25, 0.3) is 6.08 Å². The number of hydrogen-bond acceptors (Lipinski definition) is 6. The van der Waals surface area contributed by atoms with E-state index < -0.39 is 30.0 Å². The van der Waals surface area contributed by atoms with Crippen molar-refractivity contribution in [2.45, 2.75) is 19.1 Å². The molecule has 0 saturated carbocycles. The Morgan fingerprint density at radius 1 is 1.07 bits per heavy atom. The number of ether oxygens (including phenoxy) is 1. The number of rotatable bonds is 7. The fraction of sp³-hybridized carbons (Fsp3) is 0.143. The number of aliphatic carboxylic acids is 2. The number of carbonyl (C=O) groups excluding carboxylic acids is 1. The highest BCUT2D eigenvalue weighted by Gasteiger charge is 2.41. The van der Waals surface area contributed by atoms with Crippen molar-refractivity contribution in [1.82, 2.24) is 4.90 Å². The molecule has 3 rings (SSSR count). The Morgan fingerprint density at radius 2 is 1.70 bits per heavy atom. The first-order valence-corrected chi connectivity index (χ1v) is 10.0. The SMILES string of the molecule is CC(Oc1ccc(/C=C2\SC(=S)N(C(C(=O)O)c3ccccc3)C2=O)cc1)C(=O)O. The third kappa shape index (κ3) is 4.69. The molecule has 1 aliphatic heterocycles. The standard InChI is InChI=1S/C21H17NO6S2/c1-12(19(24)25)28-15-9-7-13(8-10-15)11-16-18(23)22(21(29)30-16)17(20(26)27)14-5-3-2-4-6-14/h2-12,17H,1H3,(H,24,25)(H,26,27)/b16-11-. The van der Waals surface area contributed by atoms with E-state index in [0.717, 1.165) is 16.7 Å². The predicted molar refractivity (Wildman–Crippen MR) is 116 cm³/mol. The van der Waals surface area contributed by atoms with Crippen LogP contribution >= 0.6 is 24.0 Å². The second-order valence-electron chi connectivity index (χ2n) is 6.37. The largest absolute Gasteiger partial charge is 0.479 e. The van der Waals surface area contributed by atoms with Gasteiger partial charge in [0.05, 0.1) is 4.91 Å². The molecule has 1 saturated heterocycles. The van der Waals surface area contributed by atoms with Crippen LogP contribution in [0.5, 0.6) is 5.75 Å². The number of thiocarbonyl (C=S) groups is 1. The van der Waals surface area contributed by atoms with Crippen molar-refractivity contribution in [2.75, 3.05) is 0 Å². The molecule has 2 unspecified atom stereocenters. The van der Waals surface area contributed by atoms with Crippen molar-refractivity contribution < 1.29 is 29.3 Å². The van der Waals surface area contributed by atoms with Crippen LogP contribution < -0.4 is 4.74 Å². The summed E-state index contributed by atoms with van der Waals surface area (Å²) in [5.41, 5.74) is 1.12. The van der Waals surface area contributed by atoms with Gasteiger partial charge in [-0.2, -0.15) is 0 Å². The Balaban J connectivity index is 1.82. The first-order valence-electron chi connectivity index (χ1n) is 8.82. The maximum absolute atomic E-state index is 12.9. The summed E-state index contributed by atoms with van der Waals surface area (Å²) in [4.78, 5) is 37.1. The Morgan fingerprint density at radius 3 is 2.27 bits per heavy atom. The summed E-state index contributed by atoms with van der Waals surface area (Å²) < 4.78 is 5.44. The first kappa shape index (κ1) is 21.5. The van der Waals surface area contributed by atoms with Gasteiger partial charge in [-0.05, 0) is 36.3 Å². The summed E-state index contributed by atoms with van der Waals surface area (Å²) in [7, 11) is 0. The maximum Gasteiger partial charge on any atom is 0.344 e. The van der Waals surface area contributed by atoms with Crippen LogP contribution in [0.2, 0.25) is 0 Å². The normalized spacial score (nSPS) is 17.1. The number of carboxylic acid groups (broad SMARTS) is 2. The van der Waals surface area contributed by atoms with Gasteiger partial charge in [-0.1, -0.05) is 66.4 Å². The van der Waals surface area contributed by atoms with Gasteiger partial charge in [-0.3, -0.25) is 9.69 Å². The summed E-state index contributed by atoms with van der Waals surface area (Å²) in [6.07, 6.45) is 0.617. The fourth-order valence-corrected chi connectivity index (χ4v) is 4.10. The molecule has 0 aromatic heterocycles. The quantitative estimate of drug-likeness (QED) is 0.494. The van der Waals surface area contributed by atoms with E-state index in [1.807, 2.05) is 0 Å². The number of carboxylic acids is 2. The van der Waals surface area contributed by atoms with Crippen molar-refractivity contribution >= 4 is 52.2 Å². The number of carbonyl (C=O) groups is 3. The topological polar surface area (TPSA) is 104 Å². The van der Waals surface area contributed by atoms with Gasteiger partial charge in [0, 0.05) is 0 Å². The molecule has 154 valence electrons. The van der Waals surface area contributed by atoms with Crippen LogP contribution in [0.15, 0.2) is 59.5 Å². The minimum atomic E-state index is -1.21. The molecule has 1 heterocycles. The van der Waals surface area contributed by atoms with Crippen LogP contribution in [0.1, 0.15) is 24.1 Å². The zero-order valence-corrected chi connectivity index (χ0v) is 17.4. The zero-order chi connectivity index (χ0) is 21.8. The van der Waals surface area contributed by atoms with E-state index in [9.17, 15) is 19.5 Å². The molecule has 2 atom stereocenters. The lowest BCUT2D eigenvalue weighted by Crippen LogP contribution is -2.37. The number of amides is 1. The van der Waals surface area contributed by atoms with Gasteiger partial charge >= 0.3 is 11.9 Å². The molecule has 2 N–H and O–H groups in total. The van der Waals surface area contributed by atoms with Gasteiger partial charge in [0.2, 0.25) is 0 Å². The number of benzene rings is 2. The fourth-order valence-electron chi connectivity index (χ4n) is 2.79. The summed E-state index contributed by atoms with van der Waals surface area (Å²) in [6, 6.07) is 13.8. The Kier molecular flexibility index (Phi) is 6.53. The van der Waals surface area contributed by atoms with E-state index in [-0.39, 0.29) is 4.32 Å². The Bertz CT molecular complexity index is 1020. The lowest BCUT2D eigenvalue weighted by molar-refractivity contribution is -0.145. The summed E-state index contributed by atoms with van der Waals surface area (Å²) >= 11 is 6.32. The van der Waals surface area contributed by atoms with E-state index in [0.29, 0.717) is 21.8 Å². The smallest absolute Gasteiger partial charge is 0.344 e. The highest BCUT2D eigenvalue weighted by molar-refractivity contribution is 8.26. The summed E-state index contributed by atoms with van der Waals surface area (Å²) in [6.45, 7) is 1.42. The Labute approximate surface area is 182 Å². The van der Waals surface area contributed by atoms with Crippen molar-refractivity contribution in [3.05, 3.63) is 70.6 Å². The Hall–Kier alpha value is -3.17. The number of thioether (sulfide) groups is 1. The lowest BCUT2D eigenvalue weighted by atomic mass is 10.1. The molecule has 9 heteroatoms. The molecule has 0 bridgehead atoms. The van der Waals surface area contributed by atoms with E-state index in [4.69, 9.17) is 22.1 Å². The van der Waals surface area contributed by atoms with Crippen molar-refractivity contribution in [2.24, 2.45) is 0 Å². The minimum Gasteiger partial charge on any atom is -0.479 e. The molecule has 0 radical (unpaired) electrons. The summed E-state index contributed by atoms with van der Waals surface area (Å²) in [5.74, 6) is -2.35. The van der Waals surface area contributed by atoms with Gasteiger partial charge in [-0.25, -0.2) is 9.59 Å². The molecule has 7 nitrogen and oxygen atoms in total. The second kappa shape index (κ2) is 9.10. The molecule has 1 amide bonds. The minimum absolute atomic E-state index is 0.165. The van der Waals surface area contributed by atoms with Gasteiger partial charge in [0.25, 0.3) is 5.91 Å². The molecule has 30 heavy (non-hydrogen) atoms. The van der Waals surface area contributed by atoms with E-state index in [1.54, 1.807) is 60.7 Å². The highest BCUT2D eigenvalue weighted by Crippen LogP contribution is 2.38. The molecule has 0 spiro atoms. The van der Waals surface area contributed by atoms with Crippen LogP contribution in [0.4, 0.5) is 0 Å². The average Bonchev–Trinajstić information content (AvgIpc) is 2.98. The van der Waals surface area contributed by atoms with Crippen LogP contribution in [-0.4, -0.2) is 43.4 Å². The van der Waals surface area contributed by atoms with Crippen LogP contribution in [-0.2, 0) is 14.4 Å². The van der Waals surface area contributed by atoms with Crippen molar-refractivity contribution in [1.29, 1.82) is 0 Å². The maximum atomic E-state index is 12.9. The average molecular weight is 444 g/mol. The number of hydrogen-bond donors (Lipinski definition) is 2. The zero-order valence-electron chi connectivity index (χ0n) is 15.7. The van der Waals surface area contributed by atoms with Gasteiger partial charge in [0.15, 0.2) is 12.1 Å². The van der Waals surface area contributed by atoms with Crippen LogP contribution in [0.3, 0.4) is 0 Å². The van der Waals surface area contributed by atoms with E-state index in [1.165, 1.54) is 6.92 Å². The lowest BCUT2D eigenvalue weighted by Gasteiger charge is -2.23. The van der Waals surface area contributed by atoms with Crippen molar-refractivity contribution in [3.8, 4) is 5.75 Å². The third-order valence-electron chi connectivity index (χ3n) is 4.27. The van der Waals surface area contributed by atoms with Crippen LogP contribution in [0, 0.1) is 0 Å². The molecule has 2 aromatic rings. The van der Waals surface area contributed by atoms with Gasteiger partial charge in [-0.15, -0.1) is 0 Å². The molecular formula is C21H17NO6S2. The predicted octanol–water partition coefficient (Wildman–Crippen LogP) is 3.57. The molecule has 1 aliphatic rings. The van der Waals surface area contributed by atoms with Crippen molar-refractivity contribution in [3.63, 3.8) is 0 Å². The second-order valence-corrected chi connectivity index (χ2v) is 8.05. The number of nitrogens with zero attached hydrogens (tertiary/aromatic N) is 1. The third-order valence-corrected chi connectivity index (χ3v) is 5.60. The van der Waals surface area contributed by atoms with E-state index >= 15 is 0 Å². The first-order chi connectivity index (χ1) is 14.3. The monoisotopic (exact) mass is 443 g/mol.